The monoisotopic (exact) mass is 579 g/mol. The molecule has 0 spiro atoms. The van der Waals surface area contributed by atoms with E-state index in [0.29, 0.717) is 17.9 Å². The summed E-state index contributed by atoms with van der Waals surface area (Å²) in [6, 6.07) is 25.3. The number of carbonyl (C=O) groups excluding carboxylic acids is 2. The van der Waals surface area contributed by atoms with Crippen LogP contribution in [0, 0.1) is 0 Å². The lowest BCUT2D eigenvalue weighted by molar-refractivity contribution is -0.141. The van der Waals surface area contributed by atoms with Crippen LogP contribution in [-0.4, -0.2) is 57.1 Å². The summed E-state index contributed by atoms with van der Waals surface area (Å²) in [6.07, 6.45) is 2.59. The molecule has 0 aliphatic rings. The molecule has 0 radical (unpaired) electrons. The van der Waals surface area contributed by atoms with Crippen LogP contribution in [0.25, 0.3) is 0 Å². The smallest absolute Gasteiger partial charge is 0.243 e. The lowest BCUT2D eigenvalue weighted by Crippen LogP contribution is -2.52. The van der Waals surface area contributed by atoms with E-state index in [1.165, 1.54) is 11.4 Å². The van der Waals surface area contributed by atoms with Crippen LogP contribution in [-0.2, 0) is 32.6 Å². The van der Waals surface area contributed by atoms with Gasteiger partial charge >= 0.3 is 0 Å². The predicted molar refractivity (Wildman–Crippen MR) is 163 cm³/mol. The minimum absolute atomic E-state index is 0.0429. The molecule has 0 fully saturated rings. The van der Waals surface area contributed by atoms with Gasteiger partial charge in [-0.05, 0) is 43.0 Å². The average Bonchev–Trinajstić information content (AvgIpc) is 2.97. The first-order chi connectivity index (χ1) is 19.6. The summed E-state index contributed by atoms with van der Waals surface area (Å²) in [6.45, 7) is 4.29. The van der Waals surface area contributed by atoms with Gasteiger partial charge < -0.3 is 15.0 Å². The van der Waals surface area contributed by atoms with Gasteiger partial charge in [0.25, 0.3) is 0 Å². The quantitative estimate of drug-likeness (QED) is 0.279. The largest absolute Gasteiger partial charge is 0.495 e. The van der Waals surface area contributed by atoms with Crippen LogP contribution in [0.15, 0.2) is 84.9 Å². The number of carbonyl (C=O) groups is 2. The molecule has 0 aliphatic heterocycles. The van der Waals surface area contributed by atoms with Crippen molar-refractivity contribution in [2.45, 2.75) is 58.2 Å². The minimum atomic E-state index is -3.64. The number of sulfonamides is 1. The maximum Gasteiger partial charge on any atom is 0.243 e. The molecule has 3 rings (SSSR count). The van der Waals surface area contributed by atoms with Crippen molar-refractivity contribution >= 4 is 27.5 Å². The third-order valence-corrected chi connectivity index (χ3v) is 8.15. The van der Waals surface area contributed by atoms with Crippen molar-refractivity contribution in [1.29, 1.82) is 0 Å². The standard InChI is InChI=1S/C32H41N3O5S/c1-5-25(2)33-32(37)29(23-26-15-8-6-9-16-26)34(24-27-17-10-7-11-18-27)31(36)21-14-22-35(41(4,38)39)28-19-12-13-20-30(28)40-3/h6-13,15-20,25,29H,5,14,21-24H2,1-4H3,(H,33,37)/t25-,29+/m0/s1. The van der Waals surface area contributed by atoms with Gasteiger partial charge in [-0.2, -0.15) is 0 Å². The molecule has 3 aromatic rings. The fourth-order valence-corrected chi connectivity index (χ4v) is 5.56. The van der Waals surface area contributed by atoms with Gasteiger partial charge in [-0.25, -0.2) is 8.42 Å². The number of amides is 2. The third-order valence-electron chi connectivity index (χ3n) is 6.97. The van der Waals surface area contributed by atoms with Crippen molar-refractivity contribution in [2.24, 2.45) is 0 Å². The second kappa shape index (κ2) is 15.2. The Morgan fingerprint density at radius 3 is 2.07 bits per heavy atom. The molecule has 0 saturated carbocycles. The van der Waals surface area contributed by atoms with Gasteiger partial charge in [0, 0.05) is 32.0 Å². The zero-order valence-corrected chi connectivity index (χ0v) is 25.1. The number of hydrogen-bond donors (Lipinski definition) is 1. The Balaban J connectivity index is 1.88. The Morgan fingerprint density at radius 1 is 0.902 bits per heavy atom. The molecule has 3 aromatic carbocycles. The van der Waals surface area contributed by atoms with E-state index >= 15 is 0 Å². The van der Waals surface area contributed by atoms with Crippen molar-refractivity contribution in [3.05, 3.63) is 96.1 Å². The number of ether oxygens (including phenoxy) is 1. The zero-order valence-electron chi connectivity index (χ0n) is 24.3. The van der Waals surface area contributed by atoms with Crippen LogP contribution in [0.4, 0.5) is 5.69 Å². The SMILES string of the molecule is CC[C@H](C)NC(=O)[C@@H](Cc1ccccc1)N(Cc1ccccc1)C(=O)CCCN(c1ccccc1OC)S(C)(=O)=O. The van der Waals surface area contributed by atoms with Gasteiger partial charge in [0.15, 0.2) is 0 Å². The summed E-state index contributed by atoms with van der Waals surface area (Å²) in [5, 5.41) is 3.07. The highest BCUT2D eigenvalue weighted by Crippen LogP contribution is 2.30. The molecule has 9 heteroatoms. The van der Waals surface area contributed by atoms with E-state index in [4.69, 9.17) is 4.74 Å². The number of nitrogens with zero attached hydrogens (tertiary/aromatic N) is 2. The summed E-state index contributed by atoms with van der Waals surface area (Å²) in [5.74, 6) is 0.00132. The Hall–Kier alpha value is -3.85. The summed E-state index contributed by atoms with van der Waals surface area (Å²) >= 11 is 0. The number of methoxy groups -OCH3 is 1. The molecule has 0 bridgehead atoms. The van der Waals surface area contributed by atoms with E-state index in [2.05, 4.69) is 5.32 Å². The van der Waals surface area contributed by atoms with Gasteiger partial charge in [-0.1, -0.05) is 79.7 Å². The zero-order chi connectivity index (χ0) is 29.8. The van der Waals surface area contributed by atoms with E-state index in [1.807, 2.05) is 74.5 Å². The molecule has 2 amide bonds. The summed E-state index contributed by atoms with van der Waals surface area (Å²) in [5.41, 5.74) is 2.27. The van der Waals surface area contributed by atoms with Crippen LogP contribution in [0.2, 0.25) is 0 Å². The van der Waals surface area contributed by atoms with Crippen molar-refractivity contribution in [3.8, 4) is 5.75 Å². The van der Waals surface area contributed by atoms with E-state index in [0.717, 1.165) is 23.8 Å². The Morgan fingerprint density at radius 2 is 1.49 bits per heavy atom. The van der Waals surface area contributed by atoms with Crippen LogP contribution < -0.4 is 14.4 Å². The Bertz CT molecular complexity index is 1370. The highest BCUT2D eigenvalue weighted by molar-refractivity contribution is 7.92. The molecule has 2 atom stereocenters. The predicted octanol–water partition coefficient (Wildman–Crippen LogP) is 4.80. The van der Waals surface area contributed by atoms with Gasteiger partial charge in [0.1, 0.15) is 11.8 Å². The third kappa shape index (κ3) is 9.35. The van der Waals surface area contributed by atoms with Crippen LogP contribution >= 0.6 is 0 Å². The second-order valence-corrected chi connectivity index (χ2v) is 12.0. The second-order valence-electron chi connectivity index (χ2n) is 10.1. The van der Waals surface area contributed by atoms with Gasteiger partial charge in [-0.3, -0.25) is 13.9 Å². The first-order valence-electron chi connectivity index (χ1n) is 13.9. The summed E-state index contributed by atoms with van der Waals surface area (Å²) < 4.78 is 32.1. The van der Waals surface area contributed by atoms with E-state index in [9.17, 15) is 18.0 Å². The van der Waals surface area contributed by atoms with Crippen molar-refractivity contribution < 1.29 is 22.7 Å². The number of hydrogen-bond acceptors (Lipinski definition) is 5. The minimum Gasteiger partial charge on any atom is -0.495 e. The number of benzene rings is 3. The molecule has 8 nitrogen and oxygen atoms in total. The fraction of sp³-hybridized carbons (Fsp3) is 0.375. The molecule has 0 aliphatic carbocycles. The molecular weight excluding hydrogens is 538 g/mol. The first-order valence-corrected chi connectivity index (χ1v) is 15.8. The number of rotatable bonds is 15. The van der Waals surface area contributed by atoms with Crippen LogP contribution in [0.3, 0.4) is 0 Å². The lowest BCUT2D eigenvalue weighted by Gasteiger charge is -2.32. The van der Waals surface area contributed by atoms with Gasteiger partial charge in [0.2, 0.25) is 21.8 Å². The number of nitrogens with one attached hydrogen (secondary N) is 1. The molecule has 0 heterocycles. The number of anilines is 1. The first kappa shape index (κ1) is 31.7. The van der Waals surface area contributed by atoms with Crippen LogP contribution in [0.5, 0.6) is 5.75 Å². The topological polar surface area (TPSA) is 96.0 Å². The van der Waals surface area contributed by atoms with Gasteiger partial charge in [-0.15, -0.1) is 0 Å². The van der Waals surface area contributed by atoms with E-state index in [-0.39, 0.29) is 43.8 Å². The summed E-state index contributed by atoms with van der Waals surface area (Å²) in [7, 11) is -2.15. The van der Waals surface area contributed by atoms with Crippen molar-refractivity contribution in [1.82, 2.24) is 10.2 Å². The normalized spacial score (nSPS) is 12.7. The van der Waals surface area contributed by atoms with Crippen molar-refractivity contribution in [2.75, 3.05) is 24.2 Å². The maximum absolute atomic E-state index is 13.9. The molecule has 0 saturated heterocycles. The lowest BCUT2D eigenvalue weighted by atomic mass is 10.0. The highest BCUT2D eigenvalue weighted by atomic mass is 32.2. The van der Waals surface area contributed by atoms with Crippen LogP contribution in [0.1, 0.15) is 44.2 Å². The molecular formula is C32H41N3O5S. The van der Waals surface area contributed by atoms with Crippen molar-refractivity contribution in [3.63, 3.8) is 0 Å². The maximum atomic E-state index is 13.9. The fourth-order valence-electron chi connectivity index (χ4n) is 4.59. The molecule has 0 unspecified atom stereocenters. The highest BCUT2D eigenvalue weighted by Gasteiger charge is 2.31. The summed E-state index contributed by atoms with van der Waals surface area (Å²) in [4.78, 5) is 29.1. The average molecular weight is 580 g/mol. The molecule has 220 valence electrons. The Kier molecular flexibility index (Phi) is 11.8. The molecule has 1 N–H and O–H groups in total. The Labute approximate surface area is 244 Å². The number of para-hydroxylation sites is 2. The molecule has 41 heavy (non-hydrogen) atoms. The molecule has 0 aromatic heterocycles. The van der Waals surface area contributed by atoms with E-state index in [1.54, 1.807) is 29.2 Å². The van der Waals surface area contributed by atoms with E-state index < -0.39 is 16.1 Å². The van der Waals surface area contributed by atoms with Gasteiger partial charge in [0.05, 0.1) is 19.1 Å².